The molecule has 0 spiro atoms. The van der Waals surface area contributed by atoms with Gasteiger partial charge in [0.1, 0.15) is 5.76 Å². The minimum atomic E-state index is 0.877. The van der Waals surface area contributed by atoms with Crippen LogP contribution in [0.1, 0.15) is 12.2 Å². The van der Waals surface area contributed by atoms with Crippen LogP contribution in [0.4, 0.5) is 0 Å². The van der Waals surface area contributed by atoms with Gasteiger partial charge in [0.2, 0.25) is 0 Å². The van der Waals surface area contributed by atoms with Crippen molar-refractivity contribution in [1.82, 2.24) is 0 Å². The molecule has 1 heterocycles. The summed E-state index contributed by atoms with van der Waals surface area (Å²) in [5, 5.41) is 0. The quantitative estimate of drug-likeness (QED) is 0.710. The number of furan rings is 1. The molecule has 14 heavy (non-hydrogen) atoms. The first kappa shape index (κ1) is 9.07. The zero-order chi connectivity index (χ0) is 9.80. The Bertz CT molecular complexity index is 387. The third kappa shape index (κ3) is 1.87. The van der Waals surface area contributed by atoms with Crippen molar-refractivity contribution in [3.63, 3.8) is 0 Å². The van der Waals surface area contributed by atoms with Gasteiger partial charge >= 0.3 is 0 Å². The monoisotopic (exact) mass is 185 g/mol. The van der Waals surface area contributed by atoms with Crippen molar-refractivity contribution < 1.29 is 4.42 Å². The first-order chi connectivity index (χ1) is 6.90. The zero-order valence-corrected chi connectivity index (χ0v) is 8.07. The highest BCUT2D eigenvalue weighted by Gasteiger charge is 2.02. The summed E-state index contributed by atoms with van der Waals surface area (Å²) < 4.78 is 5.42. The summed E-state index contributed by atoms with van der Waals surface area (Å²) in [4.78, 5) is 0. The molecule has 0 unspecified atom stereocenters. The lowest BCUT2D eigenvalue weighted by Crippen LogP contribution is -1.76. The van der Waals surface area contributed by atoms with Crippen molar-refractivity contribution in [1.29, 1.82) is 0 Å². The van der Waals surface area contributed by atoms with Crippen molar-refractivity contribution in [2.75, 3.05) is 0 Å². The van der Waals surface area contributed by atoms with Crippen LogP contribution in [0, 0.1) is 6.92 Å². The van der Waals surface area contributed by atoms with Gasteiger partial charge < -0.3 is 4.42 Å². The Morgan fingerprint density at radius 2 is 1.86 bits per heavy atom. The largest absolute Gasteiger partial charge is 0.469 e. The highest BCUT2D eigenvalue weighted by Crippen LogP contribution is 2.22. The maximum absolute atomic E-state index is 5.42. The van der Waals surface area contributed by atoms with Gasteiger partial charge in [0.15, 0.2) is 0 Å². The van der Waals surface area contributed by atoms with Gasteiger partial charge in [0.05, 0.1) is 6.26 Å². The Hall–Kier alpha value is -1.50. The van der Waals surface area contributed by atoms with E-state index in [1.54, 1.807) is 6.26 Å². The second kappa shape index (κ2) is 4.14. The van der Waals surface area contributed by atoms with Crippen LogP contribution in [0.3, 0.4) is 0 Å². The Morgan fingerprint density at radius 1 is 1.07 bits per heavy atom. The van der Waals surface area contributed by atoms with Crippen LogP contribution < -0.4 is 0 Å². The second-order valence-corrected chi connectivity index (χ2v) is 3.27. The average molecular weight is 185 g/mol. The molecule has 2 aromatic rings. The summed E-state index contributed by atoms with van der Waals surface area (Å²) in [5.41, 5.74) is 2.35. The van der Waals surface area contributed by atoms with Crippen LogP contribution in [-0.2, 0) is 6.42 Å². The van der Waals surface area contributed by atoms with Gasteiger partial charge in [-0.1, -0.05) is 37.3 Å². The highest BCUT2D eigenvalue weighted by molar-refractivity contribution is 5.62. The van der Waals surface area contributed by atoms with E-state index in [2.05, 4.69) is 25.1 Å². The zero-order valence-electron chi connectivity index (χ0n) is 8.07. The topological polar surface area (TPSA) is 13.1 Å². The molecule has 0 amide bonds. The smallest absolute Gasteiger partial charge is 0.104 e. The highest BCUT2D eigenvalue weighted by atomic mass is 16.3. The number of rotatable bonds is 3. The third-order valence-corrected chi connectivity index (χ3v) is 2.18. The lowest BCUT2D eigenvalue weighted by molar-refractivity contribution is 0.510. The van der Waals surface area contributed by atoms with E-state index in [1.165, 1.54) is 5.56 Å². The summed E-state index contributed by atoms with van der Waals surface area (Å²) in [5.74, 6) is 1.01. The molecule has 2 rings (SSSR count). The Kier molecular flexibility index (Phi) is 2.68. The molecule has 1 heteroatoms. The molecular formula is C13H13O. The lowest BCUT2D eigenvalue weighted by Gasteiger charge is -1.93. The van der Waals surface area contributed by atoms with E-state index in [0.29, 0.717) is 0 Å². The van der Waals surface area contributed by atoms with Crippen molar-refractivity contribution in [3.8, 4) is 11.1 Å². The SMILES string of the molecule is [CH2]CCc1cc(-c2ccccc2)co1. The molecule has 0 saturated carbocycles. The first-order valence-corrected chi connectivity index (χ1v) is 4.82. The van der Waals surface area contributed by atoms with E-state index in [0.717, 1.165) is 24.2 Å². The maximum Gasteiger partial charge on any atom is 0.104 e. The number of hydrogen-bond acceptors (Lipinski definition) is 1. The molecule has 0 saturated heterocycles. The van der Waals surface area contributed by atoms with Crippen molar-refractivity contribution in [3.05, 3.63) is 55.3 Å². The normalized spacial score (nSPS) is 10.4. The number of aryl methyl sites for hydroxylation is 1. The van der Waals surface area contributed by atoms with Gasteiger partial charge in [-0.05, 0) is 18.1 Å². The Balaban J connectivity index is 2.25. The minimum absolute atomic E-state index is 0.877. The molecule has 0 N–H and O–H groups in total. The minimum Gasteiger partial charge on any atom is -0.469 e. The predicted molar refractivity (Wildman–Crippen MR) is 57.8 cm³/mol. The summed E-state index contributed by atoms with van der Waals surface area (Å²) in [6.45, 7) is 3.80. The molecule has 0 atom stereocenters. The molecule has 1 nitrogen and oxygen atoms in total. The molecule has 0 bridgehead atoms. The maximum atomic E-state index is 5.42. The summed E-state index contributed by atoms with van der Waals surface area (Å²) in [6, 6.07) is 12.3. The fourth-order valence-electron chi connectivity index (χ4n) is 1.47. The average Bonchev–Trinajstić information content (AvgIpc) is 2.68. The molecule has 71 valence electrons. The summed E-state index contributed by atoms with van der Waals surface area (Å²) in [7, 11) is 0. The lowest BCUT2D eigenvalue weighted by atomic mass is 10.1. The van der Waals surface area contributed by atoms with E-state index in [1.807, 2.05) is 18.2 Å². The molecular weight excluding hydrogens is 172 g/mol. The summed E-state index contributed by atoms with van der Waals surface area (Å²) >= 11 is 0. The van der Waals surface area contributed by atoms with Gasteiger partial charge in [0.25, 0.3) is 0 Å². The van der Waals surface area contributed by atoms with Crippen LogP contribution in [-0.4, -0.2) is 0 Å². The fraction of sp³-hybridized carbons (Fsp3) is 0.154. The van der Waals surface area contributed by atoms with Crippen LogP contribution in [0.5, 0.6) is 0 Å². The van der Waals surface area contributed by atoms with E-state index >= 15 is 0 Å². The van der Waals surface area contributed by atoms with Gasteiger partial charge in [-0.25, -0.2) is 0 Å². The van der Waals surface area contributed by atoms with Gasteiger partial charge in [0, 0.05) is 12.0 Å². The first-order valence-electron chi connectivity index (χ1n) is 4.82. The molecule has 0 aliphatic rings. The molecule has 0 aliphatic heterocycles. The van der Waals surface area contributed by atoms with E-state index < -0.39 is 0 Å². The van der Waals surface area contributed by atoms with Gasteiger partial charge in [-0.3, -0.25) is 0 Å². The molecule has 1 aromatic carbocycles. The van der Waals surface area contributed by atoms with E-state index in [4.69, 9.17) is 4.42 Å². The summed E-state index contributed by atoms with van der Waals surface area (Å²) in [6.07, 6.45) is 3.59. The van der Waals surface area contributed by atoms with Crippen molar-refractivity contribution >= 4 is 0 Å². The Morgan fingerprint density at radius 3 is 2.57 bits per heavy atom. The van der Waals surface area contributed by atoms with Crippen LogP contribution in [0.2, 0.25) is 0 Å². The van der Waals surface area contributed by atoms with E-state index in [-0.39, 0.29) is 0 Å². The molecule has 0 aliphatic carbocycles. The molecule has 0 fully saturated rings. The predicted octanol–water partition coefficient (Wildman–Crippen LogP) is 3.71. The molecule has 1 radical (unpaired) electrons. The van der Waals surface area contributed by atoms with Crippen LogP contribution in [0.25, 0.3) is 11.1 Å². The van der Waals surface area contributed by atoms with Crippen LogP contribution >= 0.6 is 0 Å². The van der Waals surface area contributed by atoms with Crippen LogP contribution in [0.15, 0.2) is 47.1 Å². The molecule has 1 aromatic heterocycles. The Labute approximate surface area is 84.4 Å². The van der Waals surface area contributed by atoms with Crippen molar-refractivity contribution in [2.24, 2.45) is 0 Å². The van der Waals surface area contributed by atoms with Gasteiger partial charge in [-0.2, -0.15) is 0 Å². The third-order valence-electron chi connectivity index (χ3n) is 2.18. The fourth-order valence-corrected chi connectivity index (χ4v) is 1.47. The second-order valence-electron chi connectivity index (χ2n) is 3.27. The standard InChI is InChI=1S/C13H13O/c1-2-6-13-9-12(10-14-13)11-7-4-3-5-8-11/h3-5,7-10H,1-2,6H2. The number of benzene rings is 1. The number of hydrogen-bond donors (Lipinski definition) is 0. The van der Waals surface area contributed by atoms with E-state index in [9.17, 15) is 0 Å². The van der Waals surface area contributed by atoms with Crippen molar-refractivity contribution in [2.45, 2.75) is 12.8 Å². The van der Waals surface area contributed by atoms with Gasteiger partial charge in [-0.15, -0.1) is 0 Å².